The lowest BCUT2D eigenvalue weighted by Gasteiger charge is -2.05. The highest BCUT2D eigenvalue weighted by Gasteiger charge is 2.00. The molecule has 0 unspecified atom stereocenters. The van der Waals surface area contributed by atoms with Crippen molar-refractivity contribution in [2.45, 2.75) is 33.1 Å². The first kappa shape index (κ1) is 11.4. The number of hydrogen-bond acceptors (Lipinski definition) is 3. The van der Waals surface area contributed by atoms with Crippen molar-refractivity contribution in [1.82, 2.24) is 4.98 Å². The lowest BCUT2D eigenvalue weighted by molar-refractivity contribution is 0.744. The van der Waals surface area contributed by atoms with Gasteiger partial charge < -0.3 is 5.32 Å². The fourth-order valence-electron chi connectivity index (χ4n) is 1.76. The standard InChI is InChI=1S/C13H18N2S/c1-3-4-5-8-14-11-6-7-12-13(9-11)16-10(2)15-12/h6-7,9,14H,3-5,8H2,1-2H3. The minimum absolute atomic E-state index is 1.07. The minimum Gasteiger partial charge on any atom is -0.385 e. The van der Waals surface area contributed by atoms with Gasteiger partial charge in [0.1, 0.15) is 0 Å². The summed E-state index contributed by atoms with van der Waals surface area (Å²) < 4.78 is 1.28. The SMILES string of the molecule is CCCCCNc1ccc2nc(C)sc2c1. The molecule has 0 aliphatic carbocycles. The van der Waals surface area contributed by atoms with Gasteiger partial charge in [0.2, 0.25) is 0 Å². The van der Waals surface area contributed by atoms with E-state index in [1.807, 2.05) is 0 Å². The van der Waals surface area contributed by atoms with E-state index in [9.17, 15) is 0 Å². The molecule has 1 aromatic heterocycles. The van der Waals surface area contributed by atoms with Gasteiger partial charge in [0.05, 0.1) is 15.2 Å². The molecule has 0 saturated carbocycles. The van der Waals surface area contributed by atoms with Gasteiger partial charge >= 0.3 is 0 Å². The van der Waals surface area contributed by atoms with Crippen molar-refractivity contribution in [3.8, 4) is 0 Å². The number of aryl methyl sites for hydroxylation is 1. The van der Waals surface area contributed by atoms with Crippen LogP contribution in [0.3, 0.4) is 0 Å². The van der Waals surface area contributed by atoms with E-state index in [1.54, 1.807) is 11.3 Å². The van der Waals surface area contributed by atoms with Crippen LogP contribution in [0.25, 0.3) is 10.2 Å². The molecule has 1 heterocycles. The number of anilines is 1. The fourth-order valence-corrected chi connectivity index (χ4v) is 2.62. The molecule has 0 fully saturated rings. The largest absolute Gasteiger partial charge is 0.385 e. The molecule has 16 heavy (non-hydrogen) atoms. The molecule has 0 bridgehead atoms. The molecule has 1 N–H and O–H groups in total. The maximum atomic E-state index is 4.45. The van der Waals surface area contributed by atoms with Gasteiger partial charge in [0.25, 0.3) is 0 Å². The van der Waals surface area contributed by atoms with Gasteiger partial charge in [-0.2, -0.15) is 0 Å². The van der Waals surface area contributed by atoms with Crippen LogP contribution in [0.2, 0.25) is 0 Å². The predicted molar refractivity (Wildman–Crippen MR) is 72.4 cm³/mol. The summed E-state index contributed by atoms with van der Waals surface area (Å²) in [7, 11) is 0. The van der Waals surface area contributed by atoms with E-state index >= 15 is 0 Å². The molecule has 2 nitrogen and oxygen atoms in total. The Kier molecular flexibility index (Phi) is 3.78. The van der Waals surface area contributed by atoms with Crippen LogP contribution in [0.4, 0.5) is 5.69 Å². The van der Waals surface area contributed by atoms with Crippen molar-refractivity contribution in [1.29, 1.82) is 0 Å². The summed E-state index contributed by atoms with van der Waals surface area (Å²) in [6.07, 6.45) is 3.82. The first-order chi connectivity index (χ1) is 7.79. The molecule has 0 aliphatic rings. The van der Waals surface area contributed by atoms with E-state index < -0.39 is 0 Å². The van der Waals surface area contributed by atoms with Crippen molar-refractivity contribution < 1.29 is 0 Å². The highest BCUT2D eigenvalue weighted by atomic mass is 32.1. The minimum atomic E-state index is 1.07. The van der Waals surface area contributed by atoms with Gasteiger partial charge in [0, 0.05) is 12.2 Å². The number of nitrogens with one attached hydrogen (secondary N) is 1. The van der Waals surface area contributed by atoms with Crippen LogP contribution < -0.4 is 5.32 Å². The van der Waals surface area contributed by atoms with Crippen LogP contribution >= 0.6 is 11.3 Å². The van der Waals surface area contributed by atoms with E-state index in [2.05, 4.69) is 42.3 Å². The van der Waals surface area contributed by atoms with Gasteiger partial charge in [-0.05, 0) is 31.5 Å². The smallest absolute Gasteiger partial charge is 0.0907 e. The predicted octanol–water partition coefficient (Wildman–Crippen LogP) is 4.21. The number of benzene rings is 1. The number of unbranched alkanes of at least 4 members (excludes halogenated alkanes) is 2. The average molecular weight is 234 g/mol. The Labute approximate surface area is 101 Å². The van der Waals surface area contributed by atoms with E-state index in [1.165, 1.54) is 29.6 Å². The Morgan fingerprint density at radius 3 is 3.00 bits per heavy atom. The lowest BCUT2D eigenvalue weighted by atomic mass is 10.2. The number of nitrogens with zero attached hydrogens (tertiary/aromatic N) is 1. The molecule has 0 amide bonds. The molecular weight excluding hydrogens is 216 g/mol. The van der Waals surface area contributed by atoms with Crippen molar-refractivity contribution in [3.05, 3.63) is 23.2 Å². The lowest BCUT2D eigenvalue weighted by Crippen LogP contribution is -2.00. The molecule has 0 radical (unpaired) electrons. The van der Waals surface area contributed by atoms with Crippen LogP contribution in [0.15, 0.2) is 18.2 Å². The first-order valence-electron chi connectivity index (χ1n) is 5.90. The van der Waals surface area contributed by atoms with Crippen LogP contribution in [-0.4, -0.2) is 11.5 Å². The Morgan fingerprint density at radius 2 is 2.19 bits per heavy atom. The first-order valence-corrected chi connectivity index (χ1v) is 6.72. The molecule has 0 spiro atoms. The molecule has 86 valence electrons. The van der Waals surface area contributed by atoms with Gasteiger partial charge in [-0.1, -0.05) is 19.8 Å². The van der Waals surface area contributed by atoms with Crippen molar-refractivity contribution in [2.75, 3.05) is 11.9 Å². The second-order valence-corrected chi connectivity index (χ2v) is 5.28. The molecular formula is C13H18N2S. The summed E-state index contributed by atoms with van der Waals surface area (Å²) in [5, 5.41) is 4.60. The molecule has 0 saturated heterocycles. The van der Waals surface area contributed by atoms with Crippen molar-refractivity contribution >= 4 is 27.2 Å². The summed E-state index contributed by atoms with van der Waals surface area (Å²) in [6, 6.07) is 6.42. The van der Waals surface area contributed by atoms with Crippen LogP contribution in [-0.2, 0) is 0 Å². The van der Waals surface area contributed by atoms with E-state index in [4.69, 9.17) is 0 Å². The normalized spacial score (nSPS) is 10.9. The Morgan fingerprint density at radius 1 is 1.31 bits per heavy atom. The molecule has 0 atom stereocenters. The summed E-state index contributed by atoms with van der Waals surface area (Å²) in [6.45, 7) is 5.35. The Balaban J connectivity index is 2.02. The zero-order valence-electron chi connectivity index (χ0n) is 9.92. The maximum Gasteiger partial charge on any atom is 0.0907 e. The van der Waals surface area contributed by atoms with Crippen molar-refractivity contribution in [3.63, 3.8) is 0 Å². The van der Waals surface area contributed by atoms with Crippen LogP contribution in [0, 0.1) is 6.92 Å². The van der Waals surface area contributed by atoms with Crippen LogP contribution in [0.1, 0.15) is 31.2 Å². The second kappa shape index (κ2) is 5.30. The van der Waals surface area contributed by atoms with Gasteiger partial charge in [-0.15, -0.1) is 11.3 Å². The molecule has 3 heteroatoms. The topological polar surface area (TPSA) is 24.9 Å². The fraction of sp³-hybridized carbons (Fsp3) is 0.462. The monoisotopic (exact) mass is 234 g/mol. The second-order valence-electron chi connectivity index (χ2n) is 4.05. The maximum absolute atomic E-state index is 4.45. The molecule has 1 aromatic carbocycles. The zero-order chi connectivity index (χ0) is 11.4. The van der Waals surface area contributed by atoms with E-state index in [0.29, 0.717) is 0 Å². The zero-order valence-corrected chi connectivity index (χ0v) is 10.7. The average Bonchev–Trinajstić information content (AvgIpc) is 2.64. The van der Waals surface area contributed by atoms with Crippen LogP contribution in [0.5, 0.6) is 0 Å². The third-order valence-corrected chi connectivity index (χ3v) is 3.54. The number of aromatic nitrogens is 1. The summed E-state index contributed by atoms with van der Waals surface area (Å²) in [5.74, 6) is 0. The van der Waals surface area contributed by atoms with E-state index in [-0.39, 0.29) is 0 Å². The van der Waals surface area contributed by atoms with Crippen molar-refractivity contribution in [2.24, 2.45) is 0 Å². The van der Waals surface area contributed by atoms with E-state index in [0.717, 1.165) is 17.1 Å². The van der Waals surface area contributed by atoms with Gasteiger partial charge in [-0.3, -0.25) is 0 Å². The van der Waals surface area contributed by atoms with Gasteiger partial charge in [-0.25, -0.2) is 4.98 Å². The third-order valence-electron chi connectivity index (χ3n) is 2.60. The number of rotatable bonds is 5. The summed E-state index contributed by atoms with van der Waals surface area (Å²) in [4.78, 5) is 4.45. The molecule has 0 aliphatic heterocycles. The Hall–Kier alpha value is -1.09. The highest BCUT2D eigenvalue weighted by molar-refractivity contribution is 7.18. The molecule has 2 aromatic rings. The summed E-state index contributed by atoms with van der Waals surface area (Å²) in [5.41, 5.74) is 2.33. The summed E-state index contributed by atoms with van der Waals surface area (Å²) >= 11 is 1.76. The quantitative estimate of drug-likeness (QED) is 0.784. The number of thiazole rings is 1. The highest BCUT2D eigenvalue weighted by Crippen LogP contribution is 2.24. The Bertz CT molecular complexity index is 462. The van der Waals surface area contributed by atoms with Gasteiger partial charge in [0.15, 0.2) is 0 Å². The number of fused-ring (bicyclic) bond motifs is 1. The molecule has 2 rings (SSSR count). The number of hydrogen-bond donors (Lipinski definition) is 1. The third kappa shape index (κ3) is 2.73.